The first kappa shape index (κ1) is 16.1. The first-order valence-electron chi connectivity index (χ1n) is 7.94. The van der Waals surface area contributed by atoms with E-state index in [0.29, 0.717) is 23.6 Å². The van der Waals surface area contributed by atoms with E-state index in [9.17, 15) is 14.4 Å². The van der Waals surface area contributed by atoms with E-state index >= 15 is 0 Å². The van der Waals surface area contributed by atoms with E-state index in [2.05, 4.69) is 5.32 Å². The Labute approximate surface area is 140 Å². The van der Waals surface area contributed by atoms with Gasteiger partial charge in [0, 0.05) is 17.9 Å². The van der Waals surface area contributed by atoms with Crippen molar-refractivity contribution in [2.45, 2.75) is 38.1 Å². The van der Waals surface area contributed by atoms with Crippen molar-refractivity contribution in [1.82, 2.24) is 5.32 Å². The molecular formula is C17H20ClN2O3+. The fraction of sp³-hybridized carbons (Fsp3) is 0.471. The molecule has 6 heteroatoms. The van der Waals surface area contributed by atoms with Gasteiger partial charge in [0.1, 0.15) is 0 Å². The van der Waals surface area contributed by atoms with Crippen LogP contribution in [0.1, 0.15) is 41.6 Å². The maximum absolute atomic E-state index is 13.2. The Bertz CT molecular complexity index is 688. The van der Waals surface area contributed by atoms with Crippen LogP contribution in [-0.4, -0.2) is 41.8 Å². The number of nitrogens with zero attached hydrogens (tertiary/aromatic N) is 1. The summed E-state index contributed by atoms with van der Waals surface area (Å²) in [6.07, 6.45) is 3.22. The van der Waals surface area contributed by atoms with Crippen molar-refractivity contribution in [3.63, 3.8) is 0 Å². The van der Waals surface area contributed by atoms with Crippen LogP contribution < -0.4 is 5.32 Å². The molecule has 23 heavy (non-hydrogen) atoms. The smallest absolute Gasteiger partial charge is 0.291 e. The molecule has 1 fully saturated rings. The number of halogens is 1. The molecule has 2 heterocycles. The highest BCUT2D eigenvalue weighted by molar-refractivity contribution is 6.31. The number of likely N-dealkylation sites (N-methyl/N-ethyl adjacent to an activating group) is 1. The normalized spacial score (nSPS) is 28.6. The summed E-state index contributed by atoms with van der Waals surface area (Å²) in [7, 11) is 1.80. The molecule has 3 amide bonds. The minimum absolute atomic E-state index is 0.00640. The van der Waals surface area contributed by atoms with Crippen LogP contribution >= 0.6 is 11.6 Å². The maximum atomic E-state index is 13.2. The van der Waals surface area contributed by atoms with Gasteiger partial charge in [0.2, 0.25) is 5.91 Å². The number of imide groups is 1. The zero-order chi connectivity index (χ0) is 16.6. The van der Waals surface area contributed by atoms with Crippen molar-refractivity contribution in [3.8, 4) is 0 Å². The monoisotopic (exact) mass is 335 g/mol. The number of nitrogens with one attached hydrogen (secondary N) is 1. The molecule has 1 unspecified atom stereocenters. The summed E-state index contributed by atoms with van der Waals surface area (Å²) in [4.78, 5) is 37.0. The lowest BCUT2D eigenvalue weighted by atomic mass is 9.93. The van der Waals surface area contributed by atoms with E-state index in [1.54, 1.807) is 25.2 Å². The number of piperidine rings is 1. The summed E-state index contributed by atoms with van der Waals surface area (Å²) in [5.41, 5.74) is 1.47. The van der Waals surface area contributed by atoms with Crippen LogP contribution in [0.3, 0.4) is 0 Å². The Balaban J connectivity index is 2.03. The molecule has 3 rings (SSSR count). The number of fused-ring (bicyclic) bond motifs is 1. The molecule has 2 aliphatic heterocycles. The number of hydrogen-bond donors (Lipinski definition) is 1. The largest absolute Gasteiger partial charge is 0.346 e. The number of quaternary nitrogens is 1. The molecule has 0 bridgehead atoms. The van der Waals surface area contributed by atoms with Gasteiger partial charge < -0.3 is 0 Å². The summed E-state index contributed by atoms with van der Waals surface area (Å²) < 4.78 is 0.00640. The molecule has 1 saturated heterocycles. The molecule has 0 saturated carbocycles. The average molecular weight is 336 g/mol. The molecule has 0 spiro atoms. The number of hydrogen-bond acceptors (Lipinski definition) is 3. The summed E-state index contributed by atoms with van der Waals surface area (Å²) in [5, 5.41) is 2.98. The lowest BCUT2D eigenvalue weighted by Crippen LogP contribution is -2.64. The Kier molecular flexibility index (Phi) is 4.25. The lowest BCUT2D eigenvalue weighted by molar-refractivity contribution is -0.846. The lowest BCUT2D eigenvalue weighted by Gasteiger charge is -2.40. The fourth-order valence-electron chi connectivity index (χ4n) is 3.66. The molecule has 2 atom stereocenters. The van der Waals surface area contributed by atoms with Crippen LogP contribution in [0.25, 0.3) is 0 Å². The molecular weight excluding hydrogens is 316 g/mol. The molecule has 0 aliphatic carbocycles. The first-order valence-corrected chi connectivity index (χ1v) is 8.32. The van der Waals surface area contributed by atoms with Crippen LogP contribution in [0.4, 0.5) is 0 Å². The topological polar surface area (TPSA) is 63.2 Å². The second-order valence-corrected chi connectivity index (χ2v) is 6.89. The highest BCUT2D eigenvalue weighted by atomic mass is 35.5. The zero-order valence-electron chi connectivity index (χ0n) is 13.1. The van der Waals surface area contributed by atoms with Crippen molar-refractivity contribution < 1.29 is 18.9 Å². The number of carbonyl (C=O) groups is 3. The Morgan fingerprint density at radius 3 is 2.70 bits per heavy atom. The van der Waals surface area contributed by atoms with Gasteiger partial charge in [-0.05, 0) is 37.0 Å². The predicted octanol–water partition coefficient (Wildman–Crippen LogP) is 2.07. The molecule has 1 aromatic carbocycles. The van der Waals surface area contributed by atoms with E-state index in [0.717, 1.165) is 24.8 Å². The van der Waals surface area contributed by atoms with Crippen molar-refractivity contribution in [2.24, 2.45) is 0 Å². The van der Waals surface area contributed by atoms with Gasteiger partial charge in [0.05, 0.1) is 19.2 Å². The van der Waals surface area contributed by atoms with Crippen molar-refractivity contribution in [3.05, 3.63) is 34.3 Å². The third-order valence-electron chi connectivity index (χ3n) is 5.01. The van der Waals surface area contributed by atoms with E-state index in [-0.39, 0.29) is 28.6 Å². The third kappa shape index (κ3) is 2.79. The maximum Gasteiger partial charge on any atom is 0.346 e. The van der Waals surface area contributed by atoms with Gasteiger partial charge in [-0.1, -0.05) is 17.7 Å². The van der Waals surface area contributed by atoms with Gasteiger partial charge >= 0.3 is 5.91 Å². The average Bonchev–Trinajstić information content (AvgIpc) is 2.50. The van der Waals surface area contributed by atoms with Crippen molar-refractivity contribution in [1.29, 1.82) is 0 Å². The molecule has 1 N–H and O–H groups in total. The van der Waals surface area contributed by atoms with Crippen LogP contribution in [0.5, 0.6) is 0 Å². The SMILES string of the molecule is C[N+]1([C@H]2CCC(=O)NC2=O)CCCCc2c(Cl)cccc2C1=O. The van der Waals surface area contributed by atoms with E-state index < -0.39 is 6.04 Å². The van der Waals surface area contributed by atoms with Gasteiger partial charge in [-0.15, -0.1) is 0 Å². The Morgan fingerprint density at radius 2 is 1.96 bits per heavy atom. The predicted molar refractivity (Wildman–Crippen MR) is 85.9 cm³/mol. The minimum atomic E-state index is -0.523. The number of carbonyl (C=O) groups excluding carboxylic acids is 3. The van der Waals surface area contributed by atoms with E-state index in [4.69, 9.17) is 11.6 Å². The fourth-order valence-corrected chi connectivity index (χ4v) is 3.92. The van der Waals surface area contributed by atoms with Crippen molar-refractivity contribution >= 4 is 29.3 Å². The molecule has 2 aliphatic rings. The number of benzene rings is 1. The van der Waals surface area contributed by atoms with Gasteiger partial charge in [-0.2, -0.15) is 0 Å². The molecule has 1 aromatic rings. The Hall–Kier alpha value is -1.72. The van der Waals surface area contributed by atoms with Crippen LogP contribution in [0.15, 0.2) is 18.2 Å². The van der Waals surface area contributed by atoms with Gasteiger partial charge in [-0.25, -0.2) is 9.28 Å². The number of amides is 3. The van der Waals surface area contributed by atoms with Crippen LogP contribution in [0.2, 0.25) is 5.02 Å². The van der Waals surface area contributed by atoms with Gasteiger partial charge in [0.15, 0.2) is 6.04 Å². The van der Waals surface area contributed by atoms with Crippen LogP contribution in [0, 0.1) is 0 Å². The van der Waals surface area contributed by atoms with Crippen LogP contribution in [-0.2, 0) is 16.0 Å². The minimum Gasteiger partial charge on any atom is -0.291 e. The summed E-state index contributed by atoms with van der Waals surface area (Å²) in [5.74, 6) is -0.696. The van der Waals surface area contributed by atoms with Gasteiger partial charge in [-0.3, -0.25) is 14.9 Å². The van der Waals surface area contributed by atoms with Gasteiger partial charge in [0.25, 0.3) is 5.91 Å². The zero-order valence-corrected chi connectivity index (χ0v) is 13.9. The second-order valence-electron chi connectivity index (χ2n) is 6.49. The quantitative estimate of drug-likeness (QED) is 0.631. The van der Waals surface area contributed by atoms with Crippen molar-refractivity contribution in [2.75, 3.05) is 13.6 Å². The summed E-state index contributed by atoms with van der Waals surface area (Å²) >= 11 is 6.28. The Morgan fingerprint density at radius 1 is 1.17 bits per heavy atom. The molecule has 0 radical (unpaired) electrons. The highest BCUT2D eigenvalue weighted by Crippen LogP contribution is 2.31. The third-order valence-corrected chi connectivity index (χ3v) is 5.36. The number of rotatable bonds is 1. The molecule has 0 aromatic heterocycles. The molecule has 5 nitrogen and oxygen atoms in total. The highest BCUT2D eigenvalue weighted by Gasteiger charge is 2.48. The summed E-state index contributed by atoms with van der Waals surface area (Å²) in [6, 6.07) is 4.84. The second kappa shape index (κ2) is 6.06. The van der Waals surface area contributed by atoms with E-state index in [1.165, 1.54) is 0 Å². The van der Waals surface area contributed by atoms with E-state index in [1.807, 2.05) is 0 Å². The summed E-state index contributed by atoms with van der Waals surface area (Å²) in [6.45, 7) is 0.594. The first-order chi connectivity index (χ1) is 10.9. The standard InChI is InChI=1S/C17H19ClN2O3/c1-20(14-8-9-15(21)19-16(14)22)10-3-2-5-11-12(17(20)23)6-4-7-13(11)18/h4,6-7,14H,2-3,5,8-10H2,1H3/p+1/t14-,20?/m0/s1. The molecule has 122 valence electrons.